The van der Waals surface area contributed by atoms with E-state index in [4.69, 9.17) is 0 Å². The normalized spacial score (nSPS) is 26.8. The highest BCUT2D eigenvalue weighted by atomic mass is 32.1. The minimum Gasteiger partial charge on any atom is -0.378 e. The number of rotatable bonds is 1. The summed E-state index contributed by atoms with van der Waals surface area (Å²) in [7, 11) is 2.20. The van der Waals surface area contributed by atoms with E-state index in [1.54, 1.807) is 0 Å². The average molecular weight is 194 g/mol. The predicted molar refractivity (Wildman–Crippen MR) is 57.7 cm³/mol. The van der Waals surface area contributed by atoms with Gasteiger partial charge in [0, 0.05) is 19.6 Å². The first-order valence-electron chi connectivity index (χ1n) is 4.90. The molecule has 1 fully saturated rings. The van der Waals surface area contributed by atoms with Crippen LogP contribution in [0.4, 0.5) is 10.7 Å². The van der Waals surface area contributed by atoms with Crippen LogP contribution in [0.25, 0.3) is 0 Å². The van der Waals surface area contributed by atoms with E-state index in [0.29, 0.717) is 6.04 Å². The molecule has 1 aliphatic carbocycles. The van der Waals surface area contributed by atoms with Crippen LogP contribution in [0, 0.1) is 5.92 Å². The Hall–Kier alpha value is -0.700. The van der Waals surface area contributed by atoms with Crippen LogP contribution in [0.2, 0.25) is 0 Å². The van der Waals surface area contributed by atoms with E-state index in [1.807, 2.05) is 11.3 Å². The molecule has 1 aromatic heterocycles. The van der Waals surface area contributed by atoms with E-state index in [0.717, 1.165) is 5.92 Å². The Morgan fingerprint density at radius 2 is 2.38 bits per heavy atom. The summed E-state index contributed by atoms with van der Waals surface area (Å²) in [6.07, 6.45) is 2.84. The van der Waals surface area contributed by atoms with Crippen molar-refractivity contribution in [1.29, 1.82) is 0 Å². The minimum absolute atomic E-state index is 0.701. The molecule has 13 heavy (non-hydrogen) atoms. The van der Waals surface area contributed by atoms with Crippen molar-refractivity contribution in [3.8, 4) is 0 Å². The second-order valence-electron chi connectivity index (χ2n) is 4.11. The van der Waals surface area contributed by atoms with Gasteiger partial charge in [0.2, 0.25) is 0 Å². The van der Waals surface area contributed by atoms with Crippen LogP contribution in [0.3, 0.4) is 0 Å². The summed E-state index contributed by atoms with van der Waals surface area (Å²) in [6, 6.07) is 2.90. The lowest BCUT2D eigenvalue weighted by molar-refractivity contribution is 0.616. The molecule has 0 amide bonds. The van der Waals surface area contributed by atoms with Gasteiger partial charge >= 0.3 is 0 Å². The van der Waals surface area contributed by atoms with Gasteiger partial charge in [-0.1, -0.05) is 0 Å². The molecule has 0 bridgehead atoms. The smallest absolute Gasteiger partial charge is 0.114 e. The maximum Gasteiger partial charge on any atom is 0.114 e. The summed E-state index contributed by atoms with van der Waals surface area (Å²) in [5.41, 5.74) is 1.34. The van der Waals surface area contributed by atoms with Gasteiger partial charge in [-0.25, -0.2) is 0 Å². The van der Waals surface area contributed by atoms with Gasteiger partial charge in [-0.2, -0.15) is 0 Å². The van der Waals surface area contributed by atoms with Crippen molar-refractivity contribution in [1.82, 2.24) is 0 Å². The summed E-state index contributed by atoms with van der Waals surface area (Å²) >= 11 is 1.83. The zero-order valence-corrected chi connectivity index (χ0v) is 8.60. The van der Waals surface area contributed by atoms with Crippen LogP contribution < -0.4 is 10.2 Å². The molecule has 1 aliphatic heterocycles. The molecule has 3 rings (SSSR count). The highest BCUT2D eigenvalue weighted by Gasteiger charge is 2.35. The fourth-order valence-electron chi connectivity index (χ4n) is 2.10. The molecular formula is C10H14N2S. The second-order valence-corrected chi connectivity index (χ2v) is 5.00. The maximum atomic E-state index is 3.64. The lowest BCUT2D eigenvalue weighted by Gasteiger charge is -2.32. The van der Waals surface area contributed by atoms with Gasteiger partial charge < -0.3 is 10.2 Å². The highest BCUT2D eigenvalue weighted by molar-refractivity contribution is 7.14. The molecule has 2 nitrogen and oxygen atoms in total. The molecule has 0 saturated heterocycles. The van der Waals surface area contributed by atoms with Crippen molar-refractivity contribution in [2.75, 3.05) is 23.8 Å². The van der Waals surface area contributed by atoms with Gasteiger partial charge in [0.05, 0.1) is 5.69 Å². The van der Waals surface area contributed by atoms with Gasteiger partial charge in [-0.05, 0) is 30.2 Å². The van der Waals surface area contributed by atoms with E-state index in [-0.39, 0.29) is 0 Å². The average Bonchev–Trinajstić information content (AvgIpc) is 2.85. The Kier molecular flexibility index (Phi) is 1.56. The van der Waals surface area contributed by atoms with Crippen LogP contribution in [-0.2, 0) is 0 Å². The van der Waals surface area contributed by atoms with Crippen molar-refractivity contribution in [3.05, 3.63) is 11.4 Å². The van der Waals surface area contributed by atoms with Gasteiger partial charge in [-0.15, -0.1) is 11.3 Å². The van der Waals surface area contributed by atoms with Crippen molar-refractivity contribution in [2.45, 2.75) is 18.9 Å². The summed E-state index contributed by atoms with van der Waals surface area (Å²) < 4.78 is 0. The molecule has 1 unspecified atom stereocenters. The third kappa shape index (κ3) is 1.22. The van der Waals surface area contributed by atoms with Crippen molar-refractivity contribution in [2.24, 2.45) is 5.92 Å². The fourth-order valence-corrected chi connectivity index (χ4v) is 2.94. The molecule has 3 heteroatoms. The Balaban J connectivity index is 1.88. The van der Waals surface area contributed by atoms with Crippen molar-refractivity contribution >= 4 is 22.0 Å². The monoisotopic (exact) mass is 194 g/mol. The Morgan fingerprint density at radius 3 is 3.15 bits per heavy atom. The molecule has 1 saturated carbocycles. The molecule has 0 spiro atoms. The van der Waals surface area contributed by atoms with Gasteiger partial charge in [0.15, 0.2) is 0 Å². The summed E-state index contributed by atoms with van der Waals surface area (Å²) in [6.45, 7) is 1.18. The highest BCUT2D eigenvalue weighted by Crippen LogP contribution is 2.41. The number of nitrogens with zero attached hydrogens (tertiary/aromatic N) is 1. The van der Waals surface area contributed by atoms with Gasteiger partial charge in [-0.3, -0.25) is 0 Å². The number of hydrogen-bond donors (Lipinski definition) is 1. The lowest BCUT2D eigenvalue weighted by Crippen LogP contribution is -2.39. The standard InChI is InChI=1S/C10H14N2S/c1-12-6-9(7-2-3-7)11-8-4-5-13-10(8)12/h4-5,7,9,11H,2-3,6H2,1H3. The van der Waals surface area contributed by atoms with Crippen LogP contribution >= 0.6 is 11.3 Å². The van der Waals surface area contributed by atoms with Crippen LogP contribution in [-0.4, -0.2) is 19.6 Å². The van der Waals surface area contributed by atoms with Crippen LogP contribution in [0.5, 0.6) is 0 Å². The molecule has 1 atom stereocenters. The third-order valence-electron chi connectivity index (χ3n) is 2.99. The van der Waals surface area contributed by atoms with Crippen LogP contribution in [0.1, 0.15) is 12.8 Å². The topological polar surface area (TPSA) is 15.3 Å². The minimum atomic E-state index is 0.701. The number of thiophene rings is 1. The molecule has 2 heterocycles. The van der Waals surface area contributed by atoms with Gasteiger partial charge in [0.1, 0.15) is 5.00 Å². The number of nitrogens with one attached hydrogen (secondary N) is 1. The van der Waals surface area contributed by atoms with E-state index in [2.05, 4.69) is 28.7 Å². The van der Waals surface area contributed by atoms with Gasteiger partial charge in [0.25, 0.3) is 0 Å². The molecular weight excluding hydrogens is 180 g/mol. The number of hydrogen-bond acceptors (Lipinski definition) is 3. The van der Waals surface area contributed by atoms with Crippen molar-refractivity contribution < 1.29 is 0 Å². The number of anilines is 2. The molecule has 70 valence electrons. The summed E-state index contributed by atoms with van der Waals surface area (Å²) in [5, 5.41) is 7.21. The van der Waals surface area contributed by atoms with E-state index >= 15 is 0 Å². The second kappa shape index (κ2) is 2.64. The lowest BCUT2D eigenvalue weighted by atomic mass is 10.1. The van der Waals surface area contributed by atoms with E-state index < -0.39 is 0 Å². The maximum absolute atomic E-state index is 3.64. The molecule has 1 aromatic rings. The van der Waals surface area contributed by atoms with Crippen molar-refractivity contribution in [3.63, 3.8) is 0 Å². The molecule has 2 aliphatic rings. The third-order valence-corrected chi connectivity index (χ3v) is 4.02. The Bertz CT molecular complexity index is 316. The van der Waals surface area contributed by atoms with E-state index in [1.165, 1.54) is 30.1 Å². The largest absolute Gasteiger partial charge is 0.378 e. The SMILES string of the molecule is CN1CC(C2CC2)Nc2ccsc21. The molecule has 1 N–H and O–H groups in total. The fraction of sp³-hybridized carbons (Fsp3) is 0.600. The Labute approximate surface area is 82.6 Å². The molecule has 0 radical (unpaired) electrons. The number of likely N-dealkylation sites (N-methyl/N-ethyl adjacent to an activating group) is 1. The first kappa shape index (κ1) is 7.68. The number of fused-ring (bicyclic) bond motifs is 1. The van der Waals surface area contributed by atoms with E-state index in [9.17, 15) is 0 Å². The summed E-state index contributed by atoms with van der Waals surface area (Å²) in [5.74, 6) is 0.940. The Morgan fingerprint density at radius 1 is 1.54 bits per heavy atom. The summed E-state index contributed by atoms with van der Waals surface area (Å²) in [4.78, 5) is 2.39. The first-order chi connectivity index (χ1) is 6.34. The first-order valence-corrected chi connectivity index (χ1v) is 5.78. The van der Waals surface area contributed by atoms with Crippen LogP contribution in [0.15, 0.2) is 11.4 Å². The zero-order chi connectivity index (χ0) is 8.84. The molecule has 0 aromatic carbocycles. The predicted octanol–water partition coefficient (Wildman–Crippen LogP) is 2.39. The quantitative estimate of drug-likeness (QED) is 0.738. The zero-order valence-electron chi connectivity index (χ0n) is 7.79.